The molecule has 0 aromatic heterocycles. The summed E-state index contributed by atoms with van der Waals surface area (Å²) in [4.78, 5) is 11.8. The molecule has 0 aliphatic heterocycles. The van der Waals surface area contributed by atoms with Crippen molar-refractivity contribution in [2.75, 3.05) is 11.1 Å². The molecule has 1 amide bonds. The highest BCUT2D eigenvalue weighted by Gasteiger charge is 2.15. The van der Waals surface area contributed by atoms with E-state index < -0.39 is 29.2 Å². The molecule has 2 aromatic rings. The Hall–Kier alpha value is -2.57. The third-order valence-electron chi connectivity index (χ3n) is 2.46. The van der Waals surface area contributed by atoms with Gasteiger partial charge < -0.3 is 11.1 Å². The fraction of sp³-hybridized carbons (Fsp3) is 0. The van der Waals surface area contributed by atoms with Crippen LogP contribution in [0.25, 0.3) is 0 Å². The first kappa shape index (κ1) is 13.9. The minimum Gasteiger partial charge on any atom is -0.398 e. The average molecular weight is 284 g/mol. The number of nitrogens with one attached hydrogen (secondary N) is 1. The Balaban J connectivity index is 2.30. The molecule has 0 fully saturated rings. The molecule has 3 nitrogen and oxygen atoms in total. The summed E-state index contributed by atoms with van der Waals surface area (Å²) in [6.07, 6.45) is 0. The van der Waals surface area contributed by atoms with Crippen LogP contribution in [0.3, 0.4) is 0 Å². The molecule has 0 aliphatic rings. The molecule has 2 rings (SSSR count). The molecule has 0 saturated heterocycles. The van der Waals surface area contributed by atoms with E-state index in [2.05, 4.69) is 5.32 Å². The van der Waals surface area contributed by atoms with E-state index in [0.717, 1.165) is 12.1 Å². The zero-order valence-electron chi connectivity index (χ0n) is 9.88. The second kappa shape index (κ2) is 5.20. The predicted octanol–water partition coefficient (Wildman–Crippen LogP) is 3.08. The Bertz CT molecular complexity index is 668. The van der Waals surface area contributed by atoms with Gasteiger partial charge in [0, 0.05) is 23.5 Å². The Morgan fingerprint density at radius 1 is 0.900 bits per heavy atom. The molecule has 0 saturated carbocycles. The summed E-state index contributed by atoms with van der Waals surface area (Å²) in [6, 6.07) is 3.63. The Morgan fingerprint density at radius 2 is 1.45 bits per heavy atom. The molecule has 0 bridgehead atoms. The molecule has 0 heterocycles. The fourth-order valence-electron chi connectivity index (χ4n) is 1.58. The van der Waals surface area contributed by atoms with Gasteiger partial charge in [0.2, 0.25) is 0 Å². The van der Waals surface area contributed by atoms with Crippen molar-refractivity contribution in [1.82, 2.24) is 0 Å². The van der Waals surface area contributed by atoms with Gasteiger partial charge in [-0.3, -0.25) is 4.79 Å². The minimum absolute atomic E-state index is 0.170. The van der Waals surface area contributed by atoms with Crippen molar-refractivity contribution in [2.24, 2.45) is 0 Å². The molecule has 20 heavy (non-hydrogen) atoms. The molecule has 0 aliphatic carbocycles. The summed E-state index contributed by atoms with van der Waals surface area (Å²) in [5.41, 5.74) is 4.59. The van der Waals surface area contributed by atoms with Crippen molar-refractivity contribution in [1.29, 1.82) is 0 Å². The van der Waals surface area contributed by atoms with Gasteiger partial charge in [-0.15, -0.1) is 0 Å². The van der Waals surface area contributed by atoms with Gasteiger partial charge in [-0.2, -0.15) is 0 Å². The summed E-state index contributed by atoms with van der Waals surface area (Å²) in [5, 5.41) is 2.14. The highest BCUT2D eigenvalue weighted by molar-refractivity contribution is 6.07. The van der Waals surface area contributed by atoms with Crippen LogP contribution >= 0.6 is 0 Å². The van der Waals surface area contributed by atoms with Gasteiger partial charge >= 0.3 is 0 Å². The molecular formula is C13H8F4N2O. The molecular weight excluding hydrogens is 276 g/mol. The van der Waals surface area contributed by atoms with E-state index in [4.69, 9.17) is 5.73 Å². The number of amides is 1. The Kier molecular flexibility index (Phi) is 3.60. The van der Waals surface area contributed by atoms with Gasteiger partial charge in [0.05, 0.1) is 5.56 Å². The Labute approximate surface area is 111 Å². The first-order valence-electron chi connectivity index (χ1n) is 5.39. The molecule has 104 valence electrons. The van der Waals surface area contributed by atoms with Crippen molar-refractivity contribution in [3.05, 3.63) is 59.2 Å². The van der Waals surface area contributed by atoms with Gasteiger partial charge in [0.25, 0.3) is 5.91 Å². The molecule has 0 atom stereocenters. The molecule has 0 spiro atoms. The van der Waals surface area contributed by atoms with E-state index in [1.165, 1.54) is 0 Å². The highest BCUT2D eigenvalue weighted by atomic mass is 19.2. The maximum absolute atomic E-state index is 13.1. The summed E-state index contributed by atoms with van der Waals surface area (Å²) in [5.74, 6) is -5.14. The minimum atomic E-state index is -1.25. The standard InChI is InChI=1S/C13H8F4N2O/c14-6-1-7(15)3-8(2-6)19-13(20)9-4-10(16)11(17)5-12(9)18/h1-5H,18H2,(H,19,20). The average Bonchev–Trinajstić information content (AvgIpc) is 2.32. The second-order valence-corrected chi connectivity index (χ2v) is 3.97. The third kappa shape index (κ3) is 2.87. The maximum atomic E-state index is 13.1. The van der Waals surface area contributed by atoms with Crippen LogP contribution in [0.5, 0.6) is 0 Å². The van der Waals surface area contributed by atoms with Crippen molar-refractivity contribution in [2.45, 2.75) is 0 Å². The molecule has 0 radical (unpaired) electrons. The topological polar surface area (TPSA) is 55.1 Å². The van der Waals surface area contributed by atoms with E-state index in [9.17, 15) is 22.4 Å². The van der Waals surface area contributed by atoms with Crippen LogP contribution in [0.15, 0.2) is 30.3 Å². The lowest BCUT2D eigenvalue weighted by molar-refractivity contribution is 0.102. The predicted molar refractivity (Wildman–Crippen MR) is 65.1 cm³/mol. The number of anilines is 2. The number of nitrogen functional groups attached to an aromatic ring is 1. The first-order valence-corrected chi connectivity index (χ1v) is 5.39. The van der Waals surface area contributed by atoms with Crippen LogP contribution in [0.1, 0.15) is 10.4 Å². The van der Waals surface area contributed by atoms with E-state index in [1.807, 2.05) is 0 Å². The van der Waals surface area contributed by atoms with Crippen molar-refractivity contribution >= 4 is 17.3 Å². The van der Waals surface area contributed by atoms with Crippen LogP contribution in [0, 0.1) is 23.3 Å². The first-order chi connectivity index (χ1) is 9.36. The number of halogens is 4. The normalized spacial score (nSPS) is 10.4. The van der Waals surface area contributed by atoms with Crippen molar-refractivity contribution in [3.8, 4) is 0 Å². The van der Waals surface area contributed by atoms with Crippen LogP contribution in [0.2, 0.25) is 0 Å². The van der Waals surface area contributed by atoms with Gasteiger partial charge in [0.1, 0.15) is 11.6 Å². The van der Waals surface area contributed by atoms with Gasteiger partial charge in [0.15, 0.2) is 11.6 Å². The van der Waals surface area contributed by atoms with E-state index in [-0.39, 0.29) is 16.9 Å². The van der Waals surface area contributed by atoms with Crippen LogP contribution in [0.4, 0.5) is 28.9 Å². The van der Waals surface area contributed by atoms with E-state index >= 15 is 0 Å². The number of hydrogen-bond donors (Lipinski definition) is 2. The van der Waals surface area contributed by atoms with Crippen molar-refractivity contribution in [3.63, 3.8) is 0 Å². The van der Waals surface area contributed by atoms with Gasteiger partial charge in [-0.1, -0.05) is 0 Å². The van der Waals surface area contributed by atoms with Crippen LogP contribution < -0.4 is 11.1 Å². The van der Waals surface area contributed by atoms with E-state index in [1.54, 1.807) is 0 Å². The highest BCUT2D eigenvalue weighted by Crippen LogP contribution is 2.19. The lowest BCUT2D eigenvalue weighted by atomic mass is 10.1. The van der Waals surface area contributed by atoms with Gasteiger partial charge in [-0.25, -0.2) is 17.6 Å². The molecule has 7 heteroatoms. The zero-order chi connectivity index (χ0) is 14.9. The third-order valence-corrected chi connectivity index (χ3v) is 2.46. The van der Waals surface area contributed by atoms with E-state index in [0.29, 0.717) is 18.2 Å². The molecule has 0 unspecified atom stereocenters. The molecule has 2 aromatic carbocycles. The maximum Gasteiger partial charge on any atom is 0.257 e. The second-order valence-electron chi connectivity index (χ2n) is 3.97. The van der Waals surface area contributed by atoms with Crippen LogP contribution in [-0.4, -0.2) is 5.91 Å². The monoisotopic (exact) mass is 284 g/mol. The lowest BCUT2D eigenvalue weighted by Crippen LogP contribution is -2.15. The summed E-state index contributed by atoms with van der Waals surface area (Å²) in [6.45, 7) is 0. The number of rotatable bonds is 2. The summed E-state index contributed by atoms with van der Waals surface area (Å²) < 4.78 is 51.8. The smallest absolute Gasteiger partial charge is 0.257 e. The number of hydrogen-bond acceptors (Lipinski definition) is 2. The number of benzene rings is 2. The van der Waals surface area contributed by atoms with Crippen molar-refractivity contribution < 1.29 is 22.4 Å². The quantitative estimate of drug-likeness (QED) is 0.657. The zero-order valence-corrected chi connectivity index (χ0v) is 9.88. The SMILES string of the molecule is Nc1cc(F)c(F)cc1C(=O)Nc1cc(F)cc(F)c1. The number of nitrogens with two attached hydrogens (primary N) is 1. The lowest BCUT2D eigenvalue weighted by Gasteiger charge is -2.08. The Morgan fingerprint density at radius 3 is 2.05 bits per heavy atom. The van der Waals surface area contributed by atoms with Crippen LogP contribution in [-0.2, 0) is 0 Å². The number of carbonyl (C=O) groups excluding carboxylic acids is 1. The largest absolute Gasteiger partial charge is 0.398 e. The number of carbonyl (C=O) groups is 1. The molecule has 3 N–H and O–H groups in total. The summed E-state index contributed by atoms with van der Waals surface area (Å²) >= 11 is 0. The summed E-state index contributed by atoms with van der Waals surface area (Å²) in [7, 11) is 0. The van der Waals surface area contributed by atoms with Gasteiger partial charge in [-0.05, 0) is 18.2 Å². The fourth-order valence-corrected chi connectivity index (χ4v) is 1.58.